The van der Waals surface area contributed by atoms with Gasteiger partial charge in [-0.15, -0.1) is 0 Å². The number of rotatable bonds is 1. The number of aromatic nitrogens is 1. The third-order valence-electron chi connectivity index (χ3n) is 2.58. The van der Waals surface area contributed by atoms with E-state index in [0.29, 0.717) is 25.1 Å². The van der Waals surface area contributed by atoms with Crippen LogP contribution in [0.25, 0.3) is 5.57 Å². The highest BCUT2D eigenvalue weighted by atomic mass is 19.1. The Morgan fingerprint density at radius 1 is 1.56 bits per heavy atom. The molecule has 0 unspecified atom stereocenters. The lowest BCUT2D eigenvalue weighted by atomic mass is 10.0. The van der Waals surface area contributed by atoms with Gasteiger partial charge in [0, 0.05) is 24.8 Å². The molecule has 1 aromatic heterocycles. The van der Waals surface area contributed by atoms with Crippen LogP contribution in [-0.2, 0) is 0 Å². The fraction of sp³-hybridized carbons (Fsp3) is 0.273. The highest BCUT2D eigenvalue weighted by Gasteiger charge is 2.18. The van der Waals surface area contributed by atoms with Crippen LogP contribution in [0.15, 0.2) is 24.4 Å². The van der Waals surface area contributed by atoms with Crippen LogP contribution in [0.1, 0.15) is 12.0 Å². The zero-order chi connectivity index (χ0) is 11.5. The van der Waals surface area contributed by atoms with Crippen molar-refractivity contribution in [2.45, 2.75) is 6.42 Å². The molecule has 2 heterocycles. The minimum Gasteiger partial charge on any atom is -0.465 e. The van der Waals surface area contributed by atoms with Crippen LogP contribution in [0.5, 0.6) is 0 Å². The molecular weight excluding hydrogens is 211 g/mol. The standard InChI is InChI=1S/C11H11FN2O2/c12-10-9(2-1-5-13-10)8-3-6-14(7-4-8)11(15)16/h1-3,5H,4,6-7H2,(H,15,16). The summed E-state index contributed by atoms with van der Waals surface area (Å²) in [5, 5.41) is 8.76. The normalized spacial score (nSPS) is 15.8. The zero-order valence-electron chi connectivity index (χ0n) is 8.56. The molecule has 0 saturated heterocycles. The second kappa shape index (κ2) is 4.30. The molecule has 2 rings (SSSR count). The Balaban J connectivity index is 2.19. The number of hydrogen-bond acceptors (Lipinski definition) is 2. The number of nitrogens with zero attached hydrogens (tertiary/aromatic N) is 2. The number of hydrogen-bond donors (Lipinski definition) is 1. The summed E-state index contributed by atoms with van der Waals surface area (Å²) in [5.74, 6) is -0.502. The molecular formula is C11H11FN2O2. The Morgan fingerprint density at radius 3 is 2.94 bits per heavy atom. The minimum absolute atomic E-state index is 0.305. The minimum atomic E-state index is -0.943. The van der Waals surface area contributed by atoms with Crippen molar-refractivity contribution in [2.75, 3.05) is 13.1 Å². The quantitative estimate of drug-likeness (QED) is 0.739. The molecule has 0 aliphatic carbocycles. The van der Waals surface area contributed by atoms with Crippen LogP contribution in [-0.4, -0.2) is 34.2 Å². The third kappa shape index (κ3) is 2.03. The van der Waals surface area contributed by atoms with Crippen molar-refractivity contribution in [1.82, 2.24) is 9.88 Å². The van der Waals surface area contributed by atoms with Gasteiger partial charge in [-0.25, -0.2) is 9.78 Å². The van der Waals surface area contributed by atoms with E-state index >= 15 is 0 Å². The molecule has 0 atom stereocenters. The molecule has 4 nitrogen and oxygen atoms in total. The lowest BCUT2D eigenvalue weighted by Crippen LogP contribution is -2.33. The van der Waals surface area contributed by atoms with Gasteiger partial charge < -0.3 is 10.0 Å². The first-order chi connectivity index (χ1) is 7.68. The molecule has 0 aromatic carbocycles. The van der Waals surface area contributed by atoms with E-state index in [2.05, 4.69) is 4.98 Å². The van der Waals surface area contributed by atoms with Crippen molar-refractivity contribution in [3.05, 3.63) is 35.9 Å². The summed E-state index contributed by atoms with van der Waals surface area (Å²) in [6, 6.07) is 3.33. The SMILES string of the molecule is O=C(O)N1CC=C(c2cccnc2F)CC1. The fourth-order valence-electron chi connectivity index (χ4n) is 1.71. The van der Waals surface area contributed by atoms with Crippen LogP contribution in [0.3, 0.4) is 0 Å². The summed E-state index contributed by atoms with van der Waals surface area (Å²) >= 11 is 0. The number of carboxylic acid groups (broad SMARTS) is 1. The van der Waals surface area contributed by atoms with Gasteiger partial charge in [-0.1, -0.05) is 6.08 Å². The molecule has 1 aliphatic rings. The van der Waals surface area contributed by atoms with Gasteiger partial charge in [-0.2, -0.15) is 4.39 Å². The summed E-state index contributed by atoms with van der Waals surface area (Å²) in [7, 11) is 0. The lowest BCUT2D eigenvalue weighted by Gasteiger charge is -2.23. The molecule has 0 saturated carbocycles. The van der Waals surface area contributed by atoms with E-state index in [1.807, 2.05) is 0 Å². The van der Waals surface area contributed by atoms with E-state index in [1.54, 1.807) is 18.2 Å². The number of pyridine rings is 1. The van der Waals surface area contributed by atoms with E-state index in [-0.39, 0.29) is 0 Å². The zero-order valence-corrected chi connectivity index (χ0v) is 8.56. The predicted molar refractivity (Wildman–Crippen MR) is 56.4 cm³/mol. The molecule has 1 N–H and O–H groups in total. The van der Waals surface area contributed by atoms with Gasteiger partial charge in [0.25, 0.3) is 0 Å². The predicted octanol–water partition coefficient (Wildman–Crippen LogP) is 1.99. The topological polar surface area (TPSA) is 53.4 Å². The maximum absolute atomic E-state index is 13.3. The molecule has 1 aliphatic heterocycles. The molecule has 0 radical (unpaired) electrons. The van der Waals surface area contributed by atoms with E-state index < -0.39 is 12.0 Å². The van der Waals surface area contributed by atoms with Gasteiger partial charge in [-0.3, -0.25) is 0 Å². The van der Waals surface area contributed by atoms with Crippen molar-refractivity contribution in [2.24, 2.45) is 0 Å². The van der Waals surface area contributed by atoms with Crippen molar-refractivity contribution < 1.29 is 14.3 Å². The van der Waals surface area contributed by atoms with E-state index in [4.69, 9.17) is 5.11 Å². The molecule has 84 valence electrons. The van der Waals surface area contributed by atoms with Crippen molar-refractivity contribution >= 4 is 11.7 Å². The van der Waals surface area contributed by atoms with E-state index in [0.717, 1.165) is 5.57 Å². The maximum Gasteiger partial charge on any atom is 0.407 e. The first kappa shape index (κ1) is 10.6. The van der Waals surface area contributed by atoms with Gasteiger partial charge in [0.05, 0.1) is 0 Å². The van der Waals surface area contributed by atoms with Crippen LogP contribution in [0.2, 0.25) is 0 Å². The summed E-state index contributed by atoms with van der Waals surface area (Å²) in [6.45, 7) is 0.703. The van der Waals surface area contributed by atoms with Crippen LogP contribution in [0.4, 0.5) is 9.18 Å². The Hall–Kier alpha value is -1.91. The van der Waals surface area contributed by atoms with Gasteiger partial charge in [0.2, 0.25) is 5.95 Å². The summed E-state index contributed by atoms with van der Waals surface area (Å²) < 4.78 is 13.3. The van der Waals surface area contributed by atoms with Gasteiger partial charge in [0.1, 0.15) is 0 Å². The molecule has 0 fully saturated rings. The van der Waals surface area contributed by atoms with Crippen LogP contribution in [0, 0.1) is 5.95 Å². The van der Waals surface area contributed by atoms with Gasteiger partial charge in [0.15, 0.2) is 0 Å². The fourth-order valence-corrected chi connectivity index (χ4v) is 1.71. The number of amides is 1. The second-order valence-electron chi connectivity index (χ2n) is 3.55. The lowest BCUT2D eigenvalue weighted by molar-refractivity contribution is 0.150. The molecule has 5 heteroatoms. The Labute approximate surface area is 92.0 Å². The van der Waals surface area contributed by atoms with E-state index in [1.165, 1.54) is 11.1 Å². The average Bonchev–Trinajstić information content (AvgIpc) is 2.30. The summed E-state index contributed by atoms with van der Waals surface area (Å²) in [5.41, 5.74) is 1.29. The van der Waals surface area contributed by atoms with Crippen molar-refractivity contribution in [3.8, 4) is 0 Å². The maximum atomic E-state index is 13.3. The van der Waals surface area contributed by atoms with Crippen molar-refractivity contribution in [3.63, 3.8) is 0 Å². The molecule has 0 bridgehead atoms. The monoisotopic (exact) mass is 222 g/mol. The Morgan fingerprint density at radius 2 is 2.38 bits per heavy atom. The Kier molecular flexibility index (Phi) is 2.85. The van der Waals surface area contributed by atoms with Gasteiger partial charge >= 0.3 is 6.09 Å². The second-order valence-corrected chi connectivity index (χ2v) is 3.55. The molecule has 0 spiro atoms. The average molecular weight is 222 g/mol. The number of halogens is 1. The third-order valence-corrected chi connectivity index (χ3v) is 2.58. The van der Waals surface area contributed by atoms with Crippen LogP contribution < -0.4 is 0 Å². The number of carbonyl (C=O) groups is 1. The van der Waals surface area contributed by atoms with E-state index in [9.17, 15) is 9.18 Å². The highest BCUT2D eigenvalue weighted by Crippen LogP contribution is 2.23. The first-order valence-electron chi connectivity index (χ1n) is 4.96. The molecule has 1 amide bonds. The summed E-state index contributed by atoms with van der Waals surface area (Å²) in [6.07, 6.45) is 2.71. The van der Waals surface area contributed by atoms with Gasteiger partial charge in [-0.05, 0) is 24.1 Å². The molecule has 1 aromatic rings. The summed E-state index contributed by atoms with van der Waals surface area (Å²) in [4.78, 5) is 15.5. The highest BCUT2D eigenvalue weighted by molar-refractivity contribution is 5.71. The van der Waals surface area contributed by atoms with Crippen molar-refractivity contribution in [1.29, 1.82) is 0 Å². The first-order valence-corrected chi connectivity index (χ1v) is 4.96. The Bertz CT molecular complexity index is 445. The van der Waals surface area contributed by atoms with Crippen LogP contribution >= 0.6 is 0 Å². The molecule has 16 heavy (non-hydrogen) atoms. The smallest absolute Gasteiger partial charge is 0.407 e. The largest absolute Gasteiger partial charge is 0.465 e.